The van der Waals surface area contributed by atoms with Crippen LogP contribution in [0.5, 0.6) is 0 Å². The monoisotopic (exact) mass is 433 g/mol. The number of nitrogens with two attached hydrogens (primary N) is 1. The highest BCUT2D eigenvalue weighted by Gasteiger charge is 2.14. The van der Waals surface area contributed by atoms with Crippen molar-refractivity contribution >= 4 is 34.2 Å². The molecule has 0 aliphatic carbocycles. The van der Waals surface area contributed by atoms with Crippen LogP contribution in [-0.2, 0) is 11.2 Å². The summed E-state index contributed by atoms with van der Waals surface area (Å²) in [5, 5.41) is 9.73. The standard InChI is InChI=1S/C24H24ClN5O/c1-15(18-6-4-3-5-7-18)28-24-13-22-21(14-27-24)16(2)29-30(22)20-11-17(8-9-23(26)31)10-19(25)12-20/h3-7,10-15H,8-9H2,1-2H3,(H2,26,31)(H,27,28). The van der Waals surface area contributed by atoms with Crippen LogP contribution in [-0.4, -0.2) is 20.7 Å². The number of hydrogen-bond donors (Lipinski definition) is 2. The fourth-order valence-electron chi connectivity index (χ4n) is 3.65. The Morgan fingerprint density at radius 1 is 1.19 bits per heavy atom. The summed E-state index contributed by atoms with van der Waals surface area (Å²) >= 11 is 6.36. The number of benzene rings is 2. The molecule has 0 aliphatic rings. The lowest BCUT2D eigenvalue weighted by Crippen LogP contribution is -2.11. The number of amides is 1. The summed E-state index contributed by atoms with van der Waals surface area (Å²) in [6.07, 6.45) is 2.64. The number of anilines is 1. The molecular weight excluding hydrogens is 410 g/mol. The number of nitrogens with one attached hydrogen (secondary N) is 1. The Labute approximate surface area is 186 Å². The number of aromatic nitrogens is 3. The largest absolute Gasteiger partial charge is 0.370 e. The van der Waals surface area contributed by atoms with E-state index in [0.717, 1.165) is 33.7 Å². The Kier molecular flexibility index (Phi) is 5.91. The van der Waals surface area contributed by atoms with Gasteiger partial charge in [0.05, 0.1) is 16.9 Å². The van der Waals surface area contributed by atoms with Crippen molar-refractivity contribution in [1.82, 2.24) is 14.8 Å². The van der Waals surface area contributed by atoms with Gasteiger partial charge in [0, 0.05) is 35.1 Å². The van der Waals surface area contributed by atoms with E-state index in [-0.39, 0.29) is 18.4 Å². The Morgan fingerprint density at radius 2 is 1.97 bits per heavy atom. The number of fused-ring (bicyclic) bond motifs is 1. The van der Waals surface area contributed by atoms with E-state index in [1.54, 1.807) is 0 Å². The molecule has 158 valence electrons. The highest BCUT2D eigenvalue weighted by atomic mass is 35.5. The third-order valence-electron chi connectivity index (χ3n) is 5.26. The number of aryl methyl sites for hydroxylation is 2. The maximum absolute atomic E-state index is 11.2. The van der Waals surface area contributed by atoms with Gasteiger partial charge in [0.2, 0.25) is 5.91 Å². The van der Waals surface area contributed by atoms with Crippen LogP contribution in [0.4, 0.5) is 5.82 Å². The normalized spacial score (nSPS) is 12.1. The van der Waals surface area contributed by atoms with Crippen molar-refractivity contribution in [2.45, 2.75) is 32.7 Å². The summed E-state index contributed by atoms with van der Waals surface area (Å²) in [5.74, 6) is 0.428. The number of rotatable bonds is 7. The molecule has 4 rings (SSSR count). The molecule has 0 saturated carbocycles. The summed E-state index contributed by atoms with van der Waals surface area (Å²) in [5.41, 5.74) is 10.1. The van der Waals surface area contributed by atoms with Crippen LogP contribution in [0, 0.1) is 6.92 Å². The van der Waals surface area contributed by atoms with Crippen LogP contribution in [0.25, 0.3) is 16.6 Å². The molecule has 0 aliphatic heterocycles. The van der Waals surface area contributed by atoms with Gasteiger partial charge in [0.25, 0.3) is 0 Å². The summed E-state index contributed by atoms with van der Waals surface area (Å²) in [6, 6.07) is 18.0. The van der Waals surface area contributed by atoms with Crippen LogP contribution in [0.2, 0.25) is 5.02 Å². The predicted octanol–water partition coefficient (Wildman–Crippen LogP) is 4.97. The average Bonchev–Trinajstić information content (AvgIpc) is 3.08. The van der Waals surface area contributed by atoms with Gasteiger partial charge in [-0.2, -0.15) is 5.10 Å². The zero-order valence-electron chi connectivity index (χ0n) is 17.5. The molecule has 0 saturated heterocycles. The van der Waals surface area contributed by atoms with Gasteiger partial charge in [-0.15, -0.1) is 0 Å². The van der Waals surface area contributed by atoms with Gasteiger partial charge in [-0.25, -0.2) is 9.67 Å². The van der Waals surface area contributed by atoms with Gasteiger partial charge in [-0.1, -0.05) is 41.9 Å². The van der Waals surface area contributed by atoms with E-state index in [0.29, 0.717) is 11.4 Å². The van der Waals surface area contributed by atoms with E-state index in [2.05, 4.69) is 29.4 Å². The van der Waals surface area contributed by atoms with Crippen LogP contribution in [0.15, 0.2) is 60.8 Å². The minimum atomic E-state index is -0.337. The lowest BCUT2D eigenvalue weighted by atomic mass is 10.1. The molecule has 3 N–H and O–H groups in total. The minimum Gasteiger partial charge on any atom is -0.370 e. The molecule has 2 aromatic heterocycles. The fourth-order valence-corrected chi connectivity index (χ4v) is 3.90. The number of nitrogens with zero attached hydrogens (tertiary/aromatic N) is 3. The van der Waals surface area contributed by atoms with Crippen molar-refractivity contribution < 1.29 is 4.79 Å². The smallest absolute Gasteiger partial charge is 0.217 e. The first-order valence-corrected chi connectivity index (χ1v) is 10.5. The van der Waals surface area contributed by atoms with Crippen molar-refractivity contribution in [3.05, 3.63) is 82.6 Å². The van der Waals surface area contributed by atoms with E-state index >= 15 is 0 Å². The summed E-state index contributed by atoms with van der Waals surface area (Å²) in [6.45, 7) is 4.06. The number of pyridine rings is 1. The Morgan fingerprint density at radius 3 is 2.71 bits per heavy atom. The van der Waals surface area contributed by atoms with Crippen molar-refractivity contribution in [2.75, 3.05) is 5.32 Å². The quantitative estimate of drug-likeness (QED) is 0.430. The lowest BCUT2D eigenvalue weighted by Gasteiger charge is -2.15. The molecule has 31 heavy (non-hydrogen) atoms. The third kappa shape index (κ3) is 4.70. The van der Waals surface area contributed by atoms with Crippen LogP contribution < -0.4 is 11.1 Å². The molecule has 2 heterocycles. The highest BCUT2D eigenvalue weighted by molar-refractivity contribution is 6.30. The Hall–Kier alpha value is -3.38. The summed E-state index contributed by atoms with van der Waals surface area (Å²) in [4.78, 5) is 15.8. The van der Waals surface area contributed by atoms with Crippen molar-refractivity contribution in [2.24, 2.45) is 5.73 Å². The maximum Gasteiger partial charge on any atom is 0.217 e. The van der Waals surface area contributed by atoms with Gasteiger partial charge in [0.15, 0.2) is 0 Å². The molecule has 0 radical (unpaired) electrons. The SMILES string of the molecule is Cc1nn(-c2cc(Cl)cc(CCC(N)=O)c2)c2cc(NC(C)c3ccccc3)ncc12. The lowest BCUT2D eigenvalue weighted by molar-refractivity contribution is -0.117. The number of hydrogen-bond acceptors (Lipinski definition) is 4. The van der Waals surface area contributed by atoms with E-state index in [9.17, 15) is 4.79 Å². The third-order valence-corrected chi connectivity index (χ3v) is 5.48. The van der Waals surface area contributed by atoms with Gasteiger partial charge in [0.1, 0.15) is 5.82 Å². The number of carbonyl (C=O) groups is 1. The van der Waals surface area contributed by atoms with E-state index < -0.39 is 0 Å². The minimum absolute atomic E-state index is 0.107. The molecule has 1 amide bonds. The van der Waals surface area contributed by atoms with E-state index in [1.807, 2.05) is 60.3 Å². The second kappa shape index (κ2) is 8.78. The molecule has 2 aromatic carbocycles. The van der Waals surface area contributed by atoms with Crippen molar-refractivity contribution in [1.29, 1.82) is 0 Å². The number of primary amides is 1. The second-order valence-electron chi connectivity index (χ2n) is 7.64. The first-order valence-electron chi connectivity index (χ1n) is 10.2. The molecule has 0 bridgehead atoms. The van der Waals surface area contributed by atoms with E-state index in [4.69, 9.17) is 22.4 Å². The van der Waals surface area contributed by atoms with Gasteiger partial charge in [-0.3, -0.25) is 4.79 Å². The van der Waals surface area contributed by atoms with Gasteiger partial charge >= 0.3 is 0 Å². The molecule has 1 atom stereocenters. The van der Waals surface area contributed by atoms with Crippen LogP contribution in [0.3, 0.4) is 0 Å². The first-order chi connectivity index (χ1) is 14.9. The molecule has 6 nitrogen and oxygen atoms in total. The zero-order chi connectivity index (χ0) is 22.0. The molecule has 1 unspecified atom stereocenters. The maximum atomic E-state index is 11.2. The summed E-state index contributed by atoms with van der Waals surface area (Å²) in [7, 11) is 0. The van der Waals surface area contributed by atoms with Gasteiger partial charge < -0.3 is 11.1 Å². The zero-order valence-corrected chi connectivity index (χ0v) is 18.2. The van der Waals surface area contributed by atoms with Crippen molar-refractivity contribution in [3.8, 4) is 5.69 Å². The highest BCUT2D eigenvalue weighted by Crippen LogP contribution is 2.27. The fraction of sp³-hybridized carbons (Fsp3) is 0.208. The second-order valence-corrected chi connectivity index (χ2v) is 8.08. The Bertz CT molecular complexity index is 1240. The van der Waals surface area contributed by atoms with Crippen molar-refractivity contribution in [3.63, 3.8) is 0 Å². The molecule has 0 fully saturated rings. The number of carbonyl (C=O) groups excluding carboxylic acids is 1. The predicted molar refractivity (Wildman–Crippen MR) is 125 cm³/mol. The van der Waals surface area contributed by atoms with E-state index in [1.165, 1.54) is 5.56 Å². The van der Waals surface area contributed by atoms with Gasteiger partial charge in [-0.05, 0) is 49.6 Å². The molecule has 4 aromatic rings. The molecule has 0 spiro atoms. The first kappa shape index (κ1) is 20.9. The summed E-state index contributed by atoms with van der Waals surface area (Å²) < 4.78 is 1.87. The molecular formula is C24H24ClN5O. The Balaban J connectivity index is 1.70. The van der Waals surface area contributed by atoms with Crippen LogP contribution in [0.1, 0.15) is 36.2 Å². The average molecular weight is 434 g/mol. The number of halogens is 1. The topological polar surface area (TPSA) is 85.8 Å². The van der Waals surface area contributed by atoms with Crippen LogP contribution >= 0.6 is 11.6 Å². The molecule has 7 heteroatoms.